The van der Waals surface area contributed by atoms with Gasteiger partial charge in [-0.25, -0.2) is 4.79 Å². The van der Waals surface area contributed by atoms with E-state index in [-0.39, 0.29) is 5.97 Å². The van der Waals surface area contributed by atoms with Gasteiger partial charge in [0.25, 0.3) is 0 Å². The van der Waals surface area contributed by atoms with Crippen molar-refractivity contribution in [2.45, 2.75) is 19.3 Å². The van der Waals surface area contributed by atoms with Gasteiger partial charge in [0.1, 0.15) is 0 Å². The Morgan fingerprint density at radius 3 is 2.82 bits per heavy atom. The summed E-state index contributed by atoms with van der Waals surface area (Å²) >= 11 is 0. The minimum Gasteiger partial charge on any atom is -0.465 e. The Morgan fingerprint density at radius 1 is 1.53 bits per heavy atom. The second-order valence-electron chi connectivity index (χ2n) is 4.47. The monoisotopic (exact) mass is 234 g/mol. The van der Waals surface area contributed by atoms with Crippen LogP contribution in [0.1, 0.15) is 29.6 Å². The molecule has 1 saturated carbocycles. The molecule has 1 aliphatic rings. The highest BCUT2D eigenvalue weighted by atomic mass is 16.5. The largest absolute Gasteiger partial charge is 0.465 e. The van der Waals surface area contributed by atoms with Gasteiger partial charge in [-0.15, -0.1) is 0 Å². The van der Waals surface area contributed by atoms with Crippen LogP contribution < -0.4 is 11.1 Å². The van der Waals surface area contributed by atoms with Crippen LogP contribution in [0.15, 0.2) is 18.2 Å². The van der Waals surface area contributed by atoms with E-state index in [1.165, 1.54) is 26.4 Å². The van der Waals surface area contributed by atoms with Gasteiger partial charge < -0.3 is 15.8 Å². The number of nitrogens with two attached hydrogens (primary N) is 1. The number of carbonyl (C=O) groups excluding carboxylic acids is 1. The fourth-order valence-corrected chi connectivity index (χ4v) is 1.92. The first-order valence-corrected chi connectivity index (χ1v) is 5.92. The van der Waals surface area contributed by atoms with Gasteiger partial charge in [0.05, 0.1) is 24.0 Å². The summed E-state index contributed by atoms with van der Waals surface area (Å²) in [6, 6.07) is 5.21. The van der Waals surface area contributed by atoms with Crippen LogP contribution in [0.3, 0.4) is 0 Å². The Bertz CT molecular complexity index is 414. The molecule has 1 aromatic rings. The standard InChI is InChI=1S/C13H18N2O2/c1-17-13(16)10-5-6-12(11(14)7-10)15-8-9-3-2-4-9/h5-7,9,15H,2-4,8,14H2,1H3. The summed E-state index contributed by atoms with van der Waals surface area (Å²) in [5, 5.41) is 3.32. The van der Waals surface area contributed by atoms with Crippen molar-refractivity contribution in [3.8, 4) is 0 Å². The number of benzene rings is 1. The number of carbonyl (C=O) groups is 1. The number of esters is 1. The third-order valence-corrected chi connectivity index (χ3v) is 3.28. The van der Waals surface area contributed by atoms with Crippen LogP contribution in [0.4, 0.5) is 11.4 Å². The normalized spacial score (nSPS) is 15.1. The number of hydrogen-bond donors (Lipinski definition) is 2. The number of nitrogens with one attached hydrogen (secondary N) is 1. The van der Waals surface area contributed by atoms with Crippen LogP contribution in [0.2, 0.25) is 0 Å². The smallest absolute Gasteiger partial charge is 0.337 e. The van der Waals surface area contributed by atoms with E-state index in [2.05, 4.69) is 10.1 Å². The summed E-state index contributed by atoms with van der Waals surface area (Å²) in [7, 11) is 1.36. The second kappa shape index (κ2) is 5.08. The average molecular weight is 234 g/mol. The van der Waals surface area contributed by atoms with Crippen molar-refractivity contribution in [2.75, 3.05) is 24.7 Å². The number of methoxy groups -OCH3 is 1. The third kappa shape index (κ3) is 2.70. The minimum absolute atomic E-state index is 0.359. The van der Waals surface area contributed by atoms with E-state index < -0.39 is 0 Å². The van der Waals surface area contributed by atoms with Gasteiger partial charge in [-0.05, 0) is 37.0 Å². The lowest BCUT2D eigenvalue weighted by atomic mass is 9.85. The van der Waals surface area contributed by atoms with Crippen molar-refractivity contribution in [1.82, 2.24) is 0 Å². The number of nitrogen functional groups attached to an aromatic ring is 1. The summed E-state index contributed by atoms with van der Waals surface area (Å²) in [6.45, 7) is 0.960. The van der Waals surface area contributed by atoms with Gasteiger partial charge in [0, 0.05) is 6.54 Å². The fourth-order valence-electron chi connectivity index (χ4n) is 1.92. The first-order valence-electron chi connectivity index (χ1n) is 5.92. The molecule has 2 rings (SSSR count). The van der Waals surface area contributed by atoms with Crippen LogP contribution >= 0.6 is 0 Å². The zero-order valence-corrected chi connectivity index (χ0v) is 10.0. The van der Waals surface area contributed by atoms with Crippen LogP contribution in [-0.4, -0.2) is 19.6 Å². The molecule has 0 saturated heterocycles. The highest BCUT2D eigenvalue weighted by Gasteiger charge is 2.17. The second-order valence-corrected chi connectivity index (χ2v) is 4.47. The van der Waals surface area contributed by atoms with E-state index in [1.807, 2.05) is 6.07 Å². The van der Waals surface area contributed by atoms with E-state index in [9.17, 15) is 4.79 Å². The van der Waals surface area contributed by atoms with Crippen molar-refractivity contribution < 1.29 is 9.53 Å². The molecule has 0 unspecified atom stereocenters. The molecule has 17 heavy (non-hydrogen) atoms. The maximum Gasteiger partial charge on any atom is 0.337 e. The van der Waals surface area contributed by atoms with Gasteiger partial charge in [-0.3, -0.25) is 0 Å². The zero-order valence-electron chi connectivity index (χ0n) is 10.0. The van der Waals surface area contributed by atoms with Crippen LogP contribution in [0, 0.1) is 5.92 Å². The molecule has 1 fully saturated rings. The molecule has 0 heterocycles. The number of anilines is 2. The molecule has 0 radical (unpaired) electrons. The van der Waals surface area contributed by atoms with Gasteiger partial charge in [0.2, 0.25) is 0 Å². The first kappa shape index (κ1) is 11.8. The summed E-state index contributed by atoms with van der Waals surface area (Å²) in [4.78, 5) is 11.3. The molecular weight excluding hydrogens is 216 g/mol. The lowest BCUT2D eigenvalue weighted by molar-refractivity contribution is 0.0601. The van der Waals surface area contributed by atoms with E-state index in [0.717, 1.165) is 18.2 Å². The van der Waals surface area contributed by atoms with Gasteiger partial charge in [-0.1, -0.05) is 6.42 Å². The van der Waals surface area contributed by atoms with E-state index >= 15 is 0 Å². The predicted octanol–water partition coefficient (Wildman–Crippen LogP) is 2.27. The van der Waals surface area contributed by atoms with Crippen molar-refractivity contribution in [1.29, 1.82) is 0 Å². The van der Waals surface area contributed by atoms with Crippen molar-refractivity contribution in [3.05, 3.63) is 23.8 Å². The average Bonchev–Trinajstić information content (AvgIpc) is 2.28. The molecule has 3 N–H and O–H groups in total. The highest BCUT2D eigenvalue weighted by Crippen LogP contribution is 2.28. The molecule has 1 aromatic carbocycles. The number of ether oxygens (including phenoxy) is 1. The number of rotatable bonds is 4. The summed E-state index contributed by atoms with van der Waals surface area (Å²) < 4.78 is 4.64. The van der Waals surface area contributed by atoms with Gasteiger partial charge in [0.15, 0.2) is 0 Å². The van der Waals surface area contributed by atoms with Crippen LogP contribution in [0.5, 0.6) is 0 Å². The molecule has 4 nitrogen and oxygen atoms in total. The van der Waals surface area contributed by atoms with Crippen molar-refractivity contribution in [3.63, 3.8) is 0 Å². The minimum atomic E-state index is -0.359. The van der Waals surface area contributed by atoms with E-state index in [0.29, 0.717) is 11.3 Å². The molecule has 4 heteroatoms. The fraction of sp³-hybridized carbons (Fsp3) is 0.462. The maximum absolute atomic E-state index is 11.3. The third-order valence-electron chi connectivity index (χ3n) is 3.28. The zero-order chi connectivity index (χ0) is 12.3. The summed E-state index contributed by atoms with van der Waals surface area (Å²) in [5.41, 5.74) is 7.86. The highest BCUT2D eigenvalue weighted by molar-refractivity contribution is 5.91. The molecule has 1 aliphatic carbocycles. The van der Waals surface area contributed by atoms with Crippen LogP contribution in [0.25, 0.3) is 0 Å². The van der Waals surface area contributed by atoms with E-state index in [4.69, 9.17) is 5.73 Å². The predicted molar refractivity (Wildman–Crippen MR) is 68.0 cm³/mol. The lowest BCUT2D eigenvalue weighted by Crippen LogP contribution is -2.21. The quantitative estimate of drug-likeness (QED) is 0.619. The number of hydrogen-bond acceptors (Lipinski definition) is 4. The molecule has 0 aliphatic heterocycles. The van der Waals surface area contributed by atoms with Crippen molar-refractivity contribution in [2.24, 2.45) is 5.92 Å². The summed E-state index contributed by atoms with van der Waals surface area (Å²) in [6.07, 6.45) is 3.93. The molecule has 0 amide bonds. The molecule has 0 atom stereocenters. The Balaban J connectivity index is 2.00. The molecule has 0 bridgehead atoms. The Morgan fingerprint density at radius 2 is 2.29 bits per heavy atom. The molecular formula is C13H18N2O2. The maximum atomic E-state index is 11.3. The SMILES string of the molecule is COC(=O)c1ccc(NCC2CCC2)c(N)c1. The van der Waals surface area contributed by atoms with Crippen molar-refractivity contribution >= 4 is 17.3 Å². The topological polar surface area (TPSA) is 64.3 Å². The lowest BCUT2D eigenvalue weighted by Gasteiger charge is -2.26. The Labute approximate surface area is 101 Å². The van der Waals surface area contributed by atoms with Gasteiger partial charge in [-0.2, -0.15) is 0 Å². The van der Waals surface area contributed by atoms with E-state index in [1.54, 1.807) is 12.1 Å². The molecule has 0 spiro atoms. The summed E-state index contributed by atoms with van der Waals surface area (Å²) in [5.74, 6) is 0.414. The molecule has 0 aromatic heterocycles. The first-order chi connectivity index (χ1) is 8.20. The molecule has 92 valence electrons. The Hall–Kier alpha value is -1.71. The van der Waals surface area contributed by atoms with Crippen LogP contribution in [-0.2, 0) is 4.74 Å². The Kier molecular flexibility index (Phi) is 3.52. The van der Waals surface area contributed by atoms with Gasteiger partial charge >= 0.3 is 5.97 Å².